The second-order valence-corrected chi connectivity index (χ2v) is 5.77. The number of aryl methyl sites for hydroxylation is 1. The van der Waals surface area contributed by atoms with Gasteiger partial charge in [-0.1, -0.05) is 30.3 Å². The molecule has 0 atom stereocenters. The van der Waals surface area contributed by atoms with Crippen LogP contribution in [0.3, 0.4) is 0 Å². The highest BCUT2D eigenvalue weighted by atomic mass is 15.1. The first-order valence-electron chi connectivity index (χ1n) is 7.90. The fraction of sp³-hybridized carbons (Fsp3) is 0.0500. The van der Waals surface area contributed by atoms with Crippen molar-refractivity contribution in [1.29, 1.82) is 5.26 Å². The standard InChI is InChI=1S/C20H15N5/c1-14-4-2-3-5-17(14)24-20-19-11-22-13-25(19)18(12-23-20)16-8-6-15(10-21)7-9-16/h2-9,11-13H,1H3,(H,23,24). The zero-order chi connectivity index (χ0) is 17.2. The van der Waals surface area contributed by atoms with E-state index >= 15 is 0 Å². The number of rotatable bonds is 3. The number of nitrogens with zero attached hydrogens (tertiary/aromatic N) is 4. The summed E-state index contributed by atoms with van der Waals surface area (Å²) in [5.74, 6) is 0.754. The Bertz CT molecular complexity index is 1090. The fourth-order valence-corrected chi connectivity index (χ4v) is 2.78. The van der Waals surface area contributed by atoms with Gasteiger partial charge in [-0.25, -0.2) is 9.97 Å². The van der Waals surface area contributed by atoms with Crippen molar-refractivity contribution < 1.29 is 0 Å². The Morgan fingerprint density at radius 1 is 1.04 bits per heavy atom. The van der Waals surface area contributed by atoms with E-state index in [-0.39, 0.29) is 0 Å². The van der Waals surface area contributed by atoms with Gasteiger partial charge in [0.05, 0.1) is 36.0 Å². The lowest BCUT2D eigenvalue weighted by Gasteiger charge is -2.12. The summed E-state index contributed by atoms with van der Waals surface area (Å²) in [6, 6.07) is 17.7. The Balaban J connectivity index is 1.79. The van der Waals surface area contributed by atoms with Crippen molar-refractivity contribution in [2.45, 2.75) is 6.92 Å². The number of benzene rings is 2. The monoisotopic (exact) mass is 325 g/mol. The molecule has 0 amide bonds. The lowest BCUT2D eigenvalue weighted by Crippen LogP contribution is -2.00. The number of nitriles is 1. The highest BCUT2D eigenvalue weighted by Gasteiger charge is 2.10. The van der Waals surface area contributed by atoms with Gasteiger partial charge in [-0.05, 0) is 30.7 Å². The molecular formula is C20H15N5. The minimum Gasteiger partial charge on any atom is -0.338 e. The molecule has 2 heterocycles. The predicted octanol–water partition coefficient (Wildman–Crippen LogP) is 4.32. The number of nitrogens with one attached hydrogen (secondary N) is 1. The molecule has 2 aromatic heterocycles. The lowest BCUT2D eigenvalue weighted by atomic mass is 10.1. The van der Waals surface area contributed by atoms with Crippen molar-refractivity contribution in [3.63, 3.8) is 0 Å². The van der Waals surface area contributed by atoms with E-state index in [9.17, 15) is 0 Å². The van der Waals surface area contributed by atoms with Gasteiger partial charge in [0.1, 0.15) is 5.52 Å². The molecule has 0 bridgehead atoms. The maximum Gasteiger partial charge on any atom is 0.156 e. The maximum absolute atomic E-state index is 8.95. The second kappa shape index (κ2) is 6.10. The molecule has 5 nitrogen and oxygen atoms in total. The summed E-state index contributed by atoms with van der Waals surface area (Å²) < 4.78 is 2.00. The van der Waals surface area contributed by atoms with Crippen LogP contribution in [0.2, 0.25) is 0 Å². The van der Waals surface area contributed by atoms with Crippen molar-refractivity contribution in [1.82, 2.24) is 14.4 Å². The molecule has 0 spiro atoms. The Kier molecular flexibility index (Phi) is 3.64. The Morgan fingerprint density at radius 3 is 2.60 bits per heavy atom. The highest BCUT2D eigenvalue weighted by molar-refractivity contribution is 5.77. The van der Waals surface area contributed by atoms with Crippen molar-refractivity contribution in [3.05, 3.63) is 78.4 Å². The van der Waals surface area contributed by atoms with Crippen molar-refractivity contribution in [3.8, 4) is 17.3 Å². The molecule has 0 fully saturated rings. The van der Waals surface area contributed by atoms with E-state index in [2.05, 4.69) is 34.3 Å². The summed E-state index contributed by atoms with van der Waals surface area (Å²) in [5.41, 5.74) is 5.60. The molecule has 5 heteroatoms. The van der Waals surface area contributed by atoms with E-state index in [0.29, 0.717) is 5.56 Å². The highest BCUT2D eigenvalue weighted by Crippen LogP contribution is 2.27. The van der Waals surface area contributed by atoms with E-state index in [1.54, 1.807) is 24.7 Å². The van der Waals surface area contributed by atoms with Gasteiger partial charge in [-0.3, -0.25) is 4.40 Å². The summed E-state index contributed by atoms with van der Waals surface area (Å²) in [6.45, 7) is 2.06. The normalized spacial score (nSPS) is 10.6. The maximum atomic E-state index is 8.95. The van der Waals surface area contributed by atoms with Gasteiger partial charge in [0.15, 0.2) is 5.82 Å². The molecule has 4 aromatic rings. The van der Waals surface area contributed by atoms with Crippen LogP contribution >= 0.6 is 0 Å². The topological polar surface area (TPSA) is 66.0 Å². The van der Waals surface area contributed by atoms with Gasteiger partial charge in [0.25, 0.3) is 0 Å². The van der Waals surface area contributed by atoms with Crippen LogP contribution in [0.4, 0.5) is 11.5 Å². The zero-order valence-corrected chi connectivity index (χ0v) is 13.6. The van der Waals surface area contributed by atoms with Crippen LogP contribution < -0.4 is 5.32 Å². The van der Waals surface area contributed by atoms with Gasteiger partial charge in [0, 0.05) is 11.3 Å². The quantitative estimate of drug-likeness (QED) is 0.609. The zero-order valence-electron chi connectivity index (χ0n) is 13.6. The molecule has 0 saturated heterocycles. The SMILES string of the molecule is Cc1ccccc1Nc1ncc(-c2ccc(C#N)cc2)n2cncc12. The van der Waals surface area contributed by atoms with Crippen LogP contribution in [0.15, 0.2) is 67.3 Å². The first kappa shape index (κ1) is 14.9. The Labute approximate surface area is 145 Å². The smallest absolute Gasteiger partial charge is 0.156 e. The third kappa shape index (κ3) is 2.70. The van der Waals surface area contributed by atoms with E-state index in [1.807, 2.05) is 40.9 Å². The minimum atomic E-state index is 0.636. The number of anilines is 2. The summed E-state index contributed by atoms with van der Waals surface area (Å²) in [6.07, 6.45) is 5.38. The third-order valence-corrected chi connectivity index (χ3v) is 4.16. The van der Waals surface area contributed by atoms with Crippen LogP contribution in [-0.4, -0.2) is 14.4 Å². The van der Waals surface area contributed by atoms with Gasteiger partial charge < -0.3 is 5.32 Å². The first-order valence-corrected chi connectivity index (χ1v) is 7.90. The summed E-state index contributed by atoms with van der Waals surface area (Å²) in [5, 5.41) is 12.3. The molecule has 25 heavy (non-hydrogen) atoms. The van der Waals surface area contributed by atoms with Gasteiger partial charge >= 0.3 is 0 Å². The average molecular weight is 325 g/mol. The van der Waals surface area contributed by atoms with E-state index in [4.69, 9.17) is 5.26 Å². The Morgan fingerprint density at radius 2 is 1.84 bits per heavy atom. The van der Waals surface area contributed by atoms with Crippen LogP contribution in [0.5, 0.6) is 0 Å². The largest absolute Gasteiger partial charge is 0.338 e. The summed E-state index contributed by atoms with van der Waals surface area (Å²) in [4.78, 5) is 8.87. The molecule has 1 N–H and O–H groups in total. The number of fused-ring (bicyclic) bond motifs is 1. The molecule has 0 aliphatic heterocycles. The van der Waals surface area contributed by atoms with Gasteiger partial charge in [-0.2, -0.15) is 5.26 Å². The molecule has 0 radical (unpaired) electrons. The van der Waals surface area contributed by atoms with Crippen molar-refractivity contribution in [2.24, 2.45) is 0 Å². The lowest BCUT2D eigenvalue weighted by molar-refractivity contribution is 1.12. The fourth-order valence-electron chi connectivity index (χ4n) is 2.78. The number of para-hydroxylation sites is 1. The summed E-state index contributed by atoms with van der Waals surface area (Å²) >= 11 is 0. The van der Waals surface area contributed by atoms with E-state index in [0.717, 1.165) is 33.8 Å². The minimum absolute atomic E-state index is 0.636. The first-order chi connectivity index (χ1) is 12.3. The third-order valence-electron chi connectivity index (χ3n) is 4.16. The second-order valence-electron chi connectivity index (χ2n) is 5.77. The molecule has 120 valence electrons. The molecule has 2 aromatic carbocycles. The predicted molar refractivity (Wildman–Crippen MR) is 97.6 cm³/mol. The van der Waals surface area contributed by atoms with Crippen molar-refractivity contribution in [2.75, 3.05) is 5.32 Å². The number of hydrogen-bond acceptors (Lipinski definition) is 4. The number of aromatic nitrogens is 3. The molecule has 4 rings (SSSR count). The Hall–Kier alpha value is -3.65. The molecule has 0 saturated carbocycles. The van der Waals surface area contributed by atoms with Gasteiger partial charge in [0.2, 0.25) is 0 Å². The molecule has 0 unspecified atom stereocenters. The van der Waals surface area contributed by atoms with Crippen LogP contribution in [0.1, 0.15) is 11.1 Å². The average Bonchev–Trinajstić information content (AvgIpc) is 3.14. The molecule has 0 aliphatic rings. The summed E-state index contributed by atoms with van der Waals surface area (Å²) in [7, 11) is 0. The molecular weight excluding hydrogens is 310 g/mol. The molecule has 0 aliphatic carbocycles. The number of hydrogen-bond donors (Lipinski definition) is 1. The van der Waals surface area contributed by atoms with Gasteiger partial charge in [-0.15, -0.1) is 0 Å². The van der Waals surface area contributed by atoms with E-state index < -0.39 is 0 Å². The van der Waals surface area contributed by atoms with Crippen LogP contribution in [0, 0.1) is 18.3 Å². The van der Waals surface area contributed by atoms with E-state index in [1.165, 1.54) is 0 Å². The van der Waals surface area contributed by atoms with Crippen LogP contribution in [0.25, 0.3) is 16.8 Å². The van der Waals surface area contributed by atoms with Crippen LogP contribution in [-0.2, 0) is 0 Å². The van der Waals surface area contributed by atoms with Crippen molar-refractivity contribution >= 4 is 17.0 Å². The number of imidazole rings is 1.